The van der Waals surface area contributed by atoms with E-state index in [-0.39, 0.29) is 41.9 Å². The second kappa shape index (κ2) is 7.99. The number of nitrogens with one attached hydrogen (secondary N) is 4. The standard InChI is InChI=1S/C17H32N6O2/c1-10-7-11(2)15(16(18)24)13(8-10)20-17(25)12-3-4-14(22-21-12)23-6-5-19-9-23/h10-15,19,21-22H,3-9H2,1-2H3,(H2,18,24)(H,20,25). The van der Waals surface area contributed by atoms with Crippen LogP contribution in [0.5, 0.6) is 0 Å². The molecule has 2 saturated heterocycles. The molecule has 2 aliphatic heterocycles. The lowest BCUT2D eigenvalue weighted by atomic mass is 9.72. The van der Waals surface area contributed by atoms with Gasteiger partial charge < -0.3 is 16.4 Å². The zero-order valence-electron chi connectivity index (χ0n) is 15.3. The number of hydrogen-bond donors (Lipinski definition) is 5. The molecular formula is C17H32N6O2. The number of hydrazine groups is 1. The van der Waals surface area contributed by atoms with Gasteiger partial charge in [0.25, 0.3) is 0 Å². The predicted octanol–water partition coefficient (Wildman–Crippen LogP) is -0.916. The van der Waals surface area contributed by atoms with Crippen LogP contribution in [0.3, 0.4) is 0 Å². The Hall–Kier alpha value is -1.22. The molecule has 142 valence electrons. The molecule has 0 spiro atoms. The van der Waals surface area contributed by atoms with Crippen molar-refractivity contribution in [2.45, 2.75) is 57.8 Å². The number of carbonyl (C=O) groups is 2. The van der Waals surface area contributed by atoms with Crippen LogP contribution in [-0.2, 0) is 9.59 Å². The maximum atomic E-state index is 12.7. The summed E-state index contributed by atoms with van der Waals surface area (Å²) >= 11 is 0. The van der Waals surface area contributed by atoms with E-state index < -0.39 is 0 Å². The first-order valence-corrected chi connectivity index (χ1v) is 9.51. The fraction of sp³-hybridized carbons (Fsp3) is 0.882. The van der Waals surface area contributed by atoms with E-state index in [4.69, 9.17) is 5.73 Å². The van der Waals surface area contributed by atoms with Crippen molar-refractivity contribution in [3.05, 3.63) is 0 Å². The molecule has 6 atom stereocenters. The lowest BCUT2D eigenvalue weighted by Crippen LogP contribution is -2.63. The molecule has 0 aromatic carbocycles. The quantitative estimate of drug-likeness (QED) is 0.448. The first kappa shape index (κ1) is 18.6. The highest BCUT2D eigenvalue weighted by Crippen LogP contribution is 2.33. The minimum Gasteiger partial charge on any atom is -0.369 e. The highest BCUT2D eigenvalue weighted by atomic mass is 16.2. The van der Waals surface area contributed by atoms with Gasteiger partial charge in [-0.05, 0) is 37.5 Å². The molecule has 2 amide bonds. The molecule has 2 heterocycles. The minimum atomic E-state index is -0.305. The fourth-order valence-electron chi connectivity index (χ4n) is 4.69. The Bertz CT molecular complexity index is 488. The minimum absolute atomic E-state index is 0.0388. The maximum Gasteiger partial charge on any atom is 0.238 e. The summed E-state index contributed by atoms with van der Waals surface area (Å²) in [5.41, 5.74) is 12.0. The number of nitrogens with zero attached hydrogens (tertiary/aromatic N) is 1. The van der Waals surface area contributed by atoms with E-state index in [1.54, 1.807) is 0 Å². The fourth-order valence-corrected chi connectivity index (χ4v) is 4.69. The van der Waals surface area contributed by atoms with Crippen LogP contribution in [0.2, 0.25) is 0 Å². The summed E-state index contributed by atoms with van der Waals surface area (Å²) in [5.74, 6) is 0.0700. The van der Waals surface area contributed by atoms with Crippen molar-refractivity contribution in [2.75, 3.05) is 19.8 Å². The van der Waals surface area contributed by atoms with Crippen LogP contribution >= 0.6 is 0 Å². The van der Waals surface area contributed by atoms with E-state index in [9.17, 15) is 9.59 Å². The summed E-state index contributed by atoms with van der Waals surface area (Å²) in [4.78, 5) is 26.9. The Morgan fingerprint density at radius 3 is 2.56 bits per heavy atom. The highest BCUT2D eigenvalue weighted by molar-refractivity contribution is 5.84. The van der Waals surface area contributed by atoms with Gasteiger partial charge in [-0.1, -0.05) is 13.8 Å². The van der Waals surface area contributed by atoms with E-state index in [1.807, 2.05) is 0 Å². The summed E-state index contributed by atoms with van der Waals surface area (Å²) in [7, 11) is 0. The number of rotatable bonds is 4. The average molecular weight is 352 g/mol. The zero-order chi connectivity index (χ0) is 18.0. The number of nitrogens with two attached hydrogens (primary N) is 1. The molecule has 8 nitrogen and oxygen atoms in total. The lowest BCUT2D eigenvalue weighted by molar-refractivity contribution is -0.129. The van der Waals surface area contributed by atoms with Gasteiger partial charge in [-0.25, -0.2) is 10.9 Å². The zero-order valence-corrected chi connectivity index (χ0v) is 15.3. The Balaban J connectivity index is 1.53. The topological polar surface area (TPSA) is 112 Å². The van der Waals surface area contributed by atoms with Crippen LogP contribution < -0.4 is 27.2 Å². The largest absolute Gasteiger partial charge is 0.369 e. The van der Waals surface area contributed by atoms with Crippen molar-refractivity contribution in [1.29, 1.82) is 0 Å². The van der Waals surface area contributed by atoms with Crippen molar-refractivity contribution in [3.63, 3.8) is 0 Å². The normalized spacial score (nSPS) is 39.9. The Labute approximate surface area is 149 Å². The van der Waals surface area contributed by atoms with Crippen LogP contribution in [0.15, 0.2) is 0 Å². The molecule has 0 aromatic rings. The van der Waals surface area contributed by atoms with Crippen molar-refractivity contribution < 1.29 is 9.59 Å². The van der Waals surface area contributed by atoms with Crippen LogP contribution in [0.25, 0.3) is 0 Å². The molecule has 3 aliphatic rings. The van der Waals surface area contributed by atoms with Crippen molar-refractivity contribution in [1.82, 2.24) is 26.4 Å². The van der Waals surface area contributed by atoms with Crippen molar-refractivity contribution in [2.24, 2.45) is 23.5 Å². The van der Waals surface area contributed by atoms with Gasteiger partial charge in [-0.3, -0.25) is 14.5 Å². The van der Waals surface area contributed by atoms with Crippen LogP contribution in [0.4, 0.5) is 0 Å². The Morgan fingerprint density at radius 1 is 1.16 bits per heavy atom. The summed E-state index contributed by atoms with van der Waals surface area (Å²) in [6.07, 6.45) is 3.75. The number of hydrogen-bond acceptors (Lipinski definition) is 6. The van der Waals surface area contributed by atoms with Gasteiger partial charge in [0.1, 0.15) is 6.04 Å². The first-order valence-electron chi connectivity index (χ1n) is 9.51. The van der Waals surface area contributed by atoms with E-state index >= 15 is 0 Å². The molecule has 6 unspecified atom stereocenters. The third-order valence-corrected chi connectivity index (χ3v) is 5.93. The molecule has 0 aromatic heterocycles. The molecule has 8 heteroatoms. The second-order valence-corrected chi connectivity index (χ2v) is 8.00. The van der Waals surface area contributed by atoms with E-state index in [2.05, 4.69) is 40.2 Å². The van der Waals surface area contributed by atoms with Crippen LogP contribution in [0, 0.1) is 17.8 Å². The molecular weight excluding hydrogens is 320 g/mol. The van der Waals surface area contributed by atoms with Gasteiger partial charge >= 0.3 is 0 Å². The van der Waals surface area contributed by atoms with Gasteiger partial charge in [-0.2, -0.15) is 0 Å². The van der Waals surface area contributed by atoms with E-state index in [1.165, 1.54) is 0 Å². The smallest absolute Gasteiger partial charge is 0.238 e. The van der Waals surface area contributed by atoms with Crippen molar-refractivity contribution >= 4 is 11.8 Å². The molecule has 6 N–H and O–H groups in total. The molecule has 1 aliphatic carbocycles. The monoisotopic (exact) mass is 352 g/mol. The van der Waals surface area contributed by atoms with Gasteiger partial charge in [-0.15, -0.1) is 0 Å². The Kier molecular flexibility index (Phi) is 5.93. The second-order valence-electron chi connectivity index (χ2n) is 8.00. The summed E-state index contributed by atoms with van der Waals surface area (Å²) < 4.78 is 0. The number of primary amides is 1. The third kappa shape index (κ3) is 4.31. The summed E-state index contributed by atoms with van der Waals surface area (Å²) in [6, 6.07) is -0.432. The number of carbonyl (C=O) groups excluding carboxylic acids is 2. The molecule has 3 fully saturated rings. The van der Waals surface area contributed by atoms with E-state index in [0.717, 1.165) is 45.4 Å². The van der Waals surface area contributed by atoms with Gasteiger partial charge in [0, 0.05) is 25.8 Å². The molecule has 3 rings (SSSR count). The van der Waals surface area contributed by atoms with Gasteiger partial charge in [0.15, 0.2) is 0 Å². The molecule has 25 heavy (non-hydrogen) atoms. The average Bonchev–Trinajstić information content (AvgIpc) is 3.08. The predicted molar refractivity (Wildman–Crippen MR) is 94.8 cm³/mol. The summed E-state index contributed by atoms with van der Waals surface area (Å²) in [6.45, 7) is 7.14. The molecule has 1 saturated carbocycles. The van der Waals surface area contributed by atoms with Gasteiger partial charge in [0.05, 0.1) is 12.1 Å². The van der Waals surface area contributed by atoms with Crippen molar-refractivity contribution in [3.8, 4) is 0 Å². The van der Waals surface area contributed by atoms with Crippen LogP contribution in [0.1, 0.15) is 39.5 Å². The first-order chi connectivity index (χ1) is 12.0. The molecule has 0 radical (unpaired) electrons. The number of amides is 2. The van der Waals surface area contributed by atoms with Crippen LogP contribution in [-0.4, -0.2) is 54.7 Å². The molecule has 0 bridgehead atoms. The van der Waals surface area contributed by atoms with E-state index in [0.29, 0.717) is 5.92 Å². The maximum absolute atomic E-state index is 12.7. The SMILES string of the molecule is CC1CC(C)C(C(N)=O)C(NC(=O)C2CCC(N3CCNC3)NN2)C1. The summed E-state index contributed by atoms with van der Waals surface area (Å²) in [5, 5.41) is 6.41. The highest BCUT2D eigenvalue weighted by Gasteiger charge is 2.39. The van der Waals surface area contributed by atoms with Gasteiger partial charge in [0.2, 0.25) is 11.8 Å². The lowest BCUT2D eigenvalue weighted by Gasteiger charge is -2.40. The Morgan fingerprint density at radius 2 is 1.96 bits per heavy atom. The third-order valence-electron chi connectivity index (χ3n) is 5.93.